The van der Waals surface area contributed by atoms with Crippen LogP contribution in [0.1, 0.15) is 59.8 Å². The third kappa shape index (κ3) is 8.87. The molecule has 3 rings (SSSR count). The Bertz CT molecular complexity index is 1050. The van der Waals surface area contributed by atoms with Crippen LogP contribution in [0.4, 0.5) is 15.9 Å². The molecular weight excluding hydrogens is 471 g/mol. The van der Waals surface area contributed by atoms with Crippen molar-refractivity contribution in [3.8, 4) is 11.5 Å². The van der Waals surface area contributed by atoms with Gasteiger partial charge in [0, 0.05) is 11.5 Å². The highest BCUT2D eigenvalue weighted by Crippen LogP contribution is 2.36. The first-order chi connectivity index (χ1) is 17.0. The standard InChI is InChI=1S/C23H27ClFN3O2.C2H6.CH3NO/c1-4-6-9-15(8-5-2)30-21-12-16-19(13-20(21)29-3)26-14-27-23(16)28-18-11-7-10-17(24)22(18)25;1-2;2-1-3/h7,10-15H,4-6,8-9H2,1-3H3,(H,26,27,28);1-2H3;1H,(H2,2,3). The number of hydrogen-bond acceptors (Lipinski definition) is 6. The fourth-order valence-corrected chi connectivity index (χ4v) is 3.51. The summed E-state index contributed by atoms with van der Waals surface area (Å²) < 4.78 is 26.3. The molecule has 3 N–H and O–H groups in total. The van der Waals surface area contributed by atoms with Crippen molar-refractivity contribution in [2.45, 2.75) is 65.9 Å². The number of ether oxygens (including phenoxy) is 2. The molecule has 0 aliphatic carbocycles. The van der Waals surface area contributed by atoms with Crippen LogP contribution in [0.15, 0.2) is 36.7 Å². The van der Waals surface area contributed by atoms with Gasteiger partial charge in [-0.1, -0.05) is 64.6 Å². The zero-order valence-electron chi connectivity index (χ0n) is 21.1. The number of methoxy groups -OCH3 is 1. The monoisotopic (exact) mass is 506 g/mol. The quantitative estimate of drug-likeness (QED) is 0.286. The maximum atomic E-state index is 14.4. The number of aromatic nitrogens is 2. The molecule has 9 heteroatoms. The Balaban J connectivity index is 0.00000114. The van der Waals surface area contributed by atoms with Gasteiger partial charge in [0.1, 0.15) is 12.1 Å². The molecule has 1 heterocycles. The van der Waals surface area contributed by atoms with Crippen LogP contribution in [0, 0.1) is 5.82 Å². The van der Waals surface area contributed by atoms with Gasteiger partial charge in [0.05, 0.1) is 29.4 Å². The van der Waals surface area contributed by atoms with Gasteiger partial charge in [-0.3, -0.25) is 4.79 Å². The minimum Gasteiger partial charge on any atom is -0.493 e. The zero-order chi connectivity index (χ0) is 26.2. The maximum absolute atomic E-state index is 14.4. The summed E-state index contributed by atoms with van der Waals surface area (Å²) in [6.45, 7) is 8.32. The molecular formula is C26H36ClFN4O3. The first-order valence-electron chi connectivity index (χ1n) is 11.8. The molecule has 1 atom stereocenters. The number of halogens is 2. The third-order valence-electron chi connectivity index (χ3n) is 4.91. The van der Waals surface area contributed by atoms with Gasteiger partial charge in [-0.25, -0.2) is 14.4 Å². The van der Waals surface area contributed by atoms with E-state index in [1.54, 1.807) is 19.2 Å². The van der Waals surface area contributed by atoms with E-state index in [4.69, 9.17) is 25.9 Å². The largest absolute Gasteiger partial charge is 0.493 e. The van der Waals surface area contributed by atoms with Crippen LogP contribution in [-0.4, -0.2) is 29.6 Å². The summed E-state index contributed by atoms with van der Waals surface area (Å²) in [7, 11) is 1.61. The number of fused-ring (bicyclic) bond motifs is 1. The lowest BCUT2D eigenvalue weighted by atomic mass is 10.1. The van der Waals surface area contributed by atoms with E-state index in [0.29, 0.717) is 28.2 Å². The smallest absolute Gasteiger partial charge is 0.204 e. The minimum atomic E-state index is -0.529. The molecule has 3 aromatic rings. The van der Waals surface area contributed by atoms with Crippen molar-refractivity contribution in [3.63, 3.8) is 0 Å². The van der Waals surface area contributed by atoms with Gasteiger partial charge < -0.3 is 20.5 Å². The normalized spacial score (nSPS) is 10.8. The molecule has 2 aromatic carbocycles. The summed E-state index contributed by atoms with van der Waals surface area (Å²) >= 11 is 5.91. The Morgan fingerprint density at radius 3 is 2.49 bits per heavy atom. The highest BCUT2D eigenvalue weighted by Gasteiger charge is 2.17. The second-order valence-electron chi connectivity index (χ2n) is 7.28. The van der Waals surface area contributed by atoms with Crippen molar-refractivity contribution in [1.29, 1.82) is 0 Å². The van der Waals surface area contributed by atoms with E-state index in [-0.39, 0.29) is 23.2 Å². The topological polar surface area (TPSA) is 99.4 Å². The number of carbonyl (C=O) groups excluding carboxylic acids is 1. The van der Waals surface area contributed by atoms with Gasteiger partial charge in [-0.2, -0.15) is 0 Å². The summed E-state index contributed by atoms with van der Waals surface area (Å²) in [6.07, 6.45) is 6.98. The fourth-order valence-electron chi connectivity index (χ4n) is 3.34. The average Bonchev–Trinajstić information content (AvgIpc) is 2.87. The van der Waals surface area contributed by atoms with E-state index in [1.165, 1.54) is 12.4 Å². The number of carbonyl (C=O) groups is 1. The van der Waals surface area contributed by atoms with Gasteiger partial charge >= 0.3 is 0 Å². The Morgan fingerprint density at radius 2 is 1.86 bits per heavy atom. The zero-order valence-corrected chi connectivity index (χ0v) is 21.9. The number of unbranched alkanes of at least 4 members (excludes halogenated alkanes) is 1. The Labute approximate surface area is 212 Å². The number of nitrogens with one attached hydrogen (secondary N) is 1. The predicted octanol–water partition coefficient (Wildman–Crippen LogP) is 7.04. The van der Waals surface area contributed by atoms with Crippen LogP contribution < -0.4 is 20.5 Å². The first-order valence-corrected chi connectivity index (χ1v) is 12.2. The number of primary amides is 1. The molecule has 0 radical (unpaired) electrons. The van der Waals surface area contributed by atoms with Crippen LogP contribution >= 0.6 is 11.6 Å². The molecule has 0 saturated carbocycles. The Morgan fingerprint density at radius 1 is 1.14 bits per heavy atom. The number of rotatable bonds is 10. The molecule has 35 heavy (non-hydrogen) atoms. The number of amides is 1. The van der Waals surface area contributed by atoms with Crippen LogP contribution in [0.5, 0.6) is 11.5 Å². The molecule has 0 aliphatic heterocycles. The molecule has 1 amide bonds. The molecule has 7 nitrogen and oxygen atoms in total. The van der Waals surface area contributed by atoms with Gasteiger partial charge in [0.2, 0.25) is 6.41 Å². The third-order valence-corrected chi connectivity index (χ3v) is 5.20. The number of anilines is 2. The molecule has 0 spiro atoms. The molecule has 0 bridgehead atoms. The average molecular weight is 507 g/mol. The van der Waals surface area contributed by atoms with Crippen LogP contribution in [-0.2, 0) is 4.79 Å². The molecule has 1 aromatic heterocycles. The highest BCUT2D eigenvalue weighted by molar-refractivity contribution is 6.31. The van der Waals surface area contributed by atoms with Gasteiger partial charge in [-0.15, -0.1) is 0 Å². The summed E-state index contributed by atoms with van der Waals surface area (Å²) in [4.78, 5) is 17.2. The molecule has 0 fully saturated rings. The highest BCUT2D eigenvalue weighted by atomic mass is 35.5. The molecule has 0 saturated heterocycles. The van der Waals surface area contributed by atoms with E-state index < -0.39 is 5.82 Å². The minimum absolute atomic E-state index is 0.0439. The van der Waals surface area contributed by atoms with E-state index >= 15 is 0 Å². The number of hydrogen-bond donors (Lipinski definition) is 2. The molecule has 0 aliphatic rings. The van der Waals surface area contributed by atoms with Gasteiger partial charge in [0.25, 0.3) is 0 Å². The summed E-state index contributed by atoms with van der Waals surface area (Å²) in [5, 5.41) is 3.78. The van der Waals surface area contributed by atoms with E-state index in [9.17, 15) is 4.39 Å². The van der Waals surface area contributed by atoms with E-state index in [1.807, 2.05) is 26.0 Å². The van der Waals surface area contributed by atoms with Gasteiger partial charge in [0.15, 0.2) is 17.3 Å². The van der Waals surface area contributed by atoms with Crippen molar-refractivity contribution in [2.75, 3.05) is 12.4 Å². The number of benzene rings is 2. The van der Waals surface area contributed by atoms with Crippen LogP contribution in [0.25, 0.3) is 10.9 Å². The van der Waals surface area contributed by atoms with Crippen molar-refractivity contribution in [2.24, 2.45) is 5.73 Å². The van der Waals surface area contributed by atoms with E-state index in [0.717, 1.165) is 32.1 Å². The van der Waals surface area contributed by atoms with Crippen molar-refractivity contribution < 1.29 is 18.7 Å². The van der Waals surface area contributed by atoms with Crippen LogP contribution in [0.3, 0.4) is 0 Å². The second kappa shape index (κ2) is 16.5. The SMILES string of the molecule is CC.CCCCC(CCC)Oc1cc2c(Nc3cccc(Cl)c3F)ncnc2cc1OC.NC=O. The Kier molecular flexibility index (Phi) is 14.1. The van der Waals surface area contributed by atoms with Crippen LogP contribution in [0.2, 0.25) is 5.02 Å². The fraction of sp³-hybridized carbons (Fsp3) is 0.423. The summed E-state index contributed by atoms with van der Waals surface area (Å²) in [6, 6.07) is 8.46. The van der Waals surface area contributed by atoms with Gasteiger partial charge in [-0.05, 0) is 31.0 Å². The van der Waals surface area contributed by atoms with Crippen molar-refractivity contribution >= 4 is 40.4 Å². The Hall–Kier alpha value is -3.13. The van der Waals surface area contributed by atoms with Crippen molar-refractivity contribution in [1.82, 2.24) is 9.97 Å². The predicted molar refractivity (Wildman–Crippen MR) is 141 cm³/mol. The lowest BCUT2D eigenvalue weighted by Crippen LogP contribution is -2.16. The summed E-state index contributed by atoms with van der Waals surface area (Å²) in [5.74, 6) is 1.18. The number of nitrogens with zero attached hydrogens (tertiary/aromatic N) is 2. The maximum Gasteiger partial charge on any atom is 0.204 e. The van der Waals surface area contributed by atoms with Crippen molar-refractivity contribution in [3.05, 3.63) is 47.5 Å². The van der Waals surface area contributed by atoms with E-state index in [2.05, 4.69) is 34.9 Å². The number of nitrogens with two attached hydrogens (primary N) is 1. The lowest BCUT2D eigenvalue weighted by molar-refractivity contribution is -0.106. The molecule has 192 valence electrons. The first kappa shape index (κ1) is 29.9. The second-order valence-corrected chi connectivity index (χ2v) is 7.68. The summed E-state index contributed by atoms with van der Waals surface area (Å²) in [5.41, 5.74) is 5.08. The lowest BCUT2D eigenvalue weighted by Gasteiger charge is -2.21. The molecule has 1 unspecified atom stereocenters.